The Balaban J connectivity index is 1.81. The molecule has 3 aromatic rings. The SMILES string of the molecule is CCC(NCc1c(C)oc2ccccc12)c1nccs1. The molecule has 3 nitrogen and oxygen atoms in total. The molecule has 2 heterocycles. The molecule has 0 spiro atoms. The molecule has 0 bridgehead atoms. The molecule has 0 fully saturated rings. The van der Waals surface area contributed by atoms with E-state index in [1.165, 1.54) is 10.9 Å². The molecule has 0 aliphatic carbocycles. The molecule has 1 aromatic carbocycles. The van der Waals surface area contributed by atoms with Gasteiger partial charge in [-0.1, -0.05) is 25.1 Å². The minimum atomic E-state index is 0.308. The van der Waals surface area contributed by atoms with Gasteiger partial charge in [0.15, 0.2) is 0 Å². The van der Waals surface area contributed by atoms with Crippen LogP contribution in [0.5, 0.6) is 0 Å². The summed E-state index contributed by atoms with van der Waals surface area (Å²) in [6, 6.07) is 8.51. The summed E-state index contributed by atoms with van der Waals surface area (Å²) in [5.74, 6) is 0.993. The van der Waals surface area contributed by atoms with Gasteiger partial charge in [0.2, 0.25) is 0 Å². The number of fused-ring (bicyclic) bond motifs is 1. The summed E-state index contributed by atoms with van der Waals surface area (Å²) < 4.78 is 5.80. The maximum Gasteiger partial charge on any atom is 0.134 e. The van der Waals surface area contributed by atoms with E-state index < -0.39 is 0 Å². The van der Waals surface area contributed by atoms with Crippen molar-refractivity contribution in [2.24, 2.45) is 0 Å². The number of hydrogen-bond donors (Lipinski definition) is 1. The second-order valence-electron chi connectivity index (χ2n) is 4.85. The molecule has 0 radical (unpaired) electrons. The van der Waals surface area contributed by atoms with E-state index in [1.807, 2.05) is 30.6 Å². The standard InChI is InChI=1S/C16H18N2OS/c1-3-14(16-17-8-9-20-16)18-10-13-11(2)19-15-7-5-4-6-12(13)15/h4-9,14,18H,3,10H2,1-2H3. The zero-order valence-corrected chi connectivity index (χ0v) is 12.5. The molecule has 104 valence electrons. The molecule has 1 atom stereocenters. The lowest BCUT2D eigenvalue weighted by molar-refractivity contribution is 0.507. The zero-order chi connectivity index (χ0) is 13.9. The largest absolute Gasteiger partial charge is 0.461 e. The van der Waals surface area contributed by atoms with Crippen LogP contribution < -0.4 is 5.32 Å². The Kier molecular flexibility index (Phi) is 3.85. The number of benzene rings is 1. The van der Waals surface area contributed by atoms with E-state index in [9.17, 15) is 0 Å². The van der Waals surface area contributed by atoms with Gasteiger partial charge >= 0.3 is 0 Å². The summed E-state index contributed by atoms with van der Waals surface area (Å²) in [5.41, 5.74) is 2.21. The number of rotatable bonds is 5. The molecule has 0 aliphatic rings. The van der Waals surface area contributed by atoms with Crippen molar-refractivity contribution in [1.82, 2.24) is 10.3 Å². The fourth-order valence-electron chi connectivity index (χ4n) is 2.48. The van der Waals surface area contributed by atoms with Crippen molar-refractivity contribution in [2.75, 3.05) is 0 Å². The van der Waals surface area contributed by atoms with E-state index >= 15 is 0 Å². The molecular formula is C16H18N2OS. The summed E-state index contributed by atoms with van der Waals surface area (Å²) in [6.45, 7) is 5.02. The maximum absolute atomic E-state index is 5.80. The van der Waals surface area contributed by atoms with Crippen LogP contribution in [-0.2, 0) is 6.54 Å². The molecule has 1 N–H and O–H groups in total. The molecule has 1 unspecified atom stereocenters. The van der Waals surface area contributed by atoms with E-state index in [2.05, 4.69) is 29.4 Å². The predicted molar refractivity (Wildman–Crippen MR) is 82.9 cm³/mol. The van der Waals surface area contributed by atoms with Crippen LogP contribution in [0.4, 0.5) is 0 Å². The Labute approximate surface area is 122 Å². The highest BCUT2D eigenvalue weighted by molar-refractivity contribution is 7.09. The molecule has 20 heavy (non-hydrogen) atoms. The van der Waals surface area contributed by atoms with Crippen molar-refractivity contribution in [3.05, 3.63) is 52.2 Å². The van der Waals surface area contributed by atoms with Crippen LogP contribution in [0.2, 0.25) is 0 Å². The monoisotopic (exact) mass is 286 g/mol. The third-order valence-electron chi connectivity index (χ3n) is 3.58. The van der Waals surface area contributed by atoms with E-state index in [1.54, 1.807) is 11.3 Å². The van der Waals surface area contributed by atoms with Crippen molar-refractivity contribution in [3.63, 3.8) is 0 Å². The molecule has 2 aromatic heterocycles. The number of aryl methyl sites for hydroxylation is 1. The average molecular weight is 286 g/mol. The second kappa shape index (κ2) is 5.77. The number of nitrogens with one attached hydrogen (secondary N) is 1. The fraction of sp³-hybridized carbons (Fsp3) is 0.312. The molecule has 0 saturated carbocycles. The Morgan fingerprint density at radius 3 is 2.95 bits per heavy atom. The van der Waals surface area contributed by atoms with Gasteiger partial charge in [-0.15, -0.1) is 11.3 Å². The van der Waals surface area contributed by atoms with Gasteiger partial charge < -0.3 is 9.73 Å². The van der Waals surface area contributed by atoms with Crippen LogP contribution >= 0.6 is 11.3 Å². The van der Waals surface area contributed by atoms with Crippen LogP contribution in [0, 0.1) is 6.92 Å². The summed E-state index contributed by atoms with van der Waals surface area (Å²) in [6.07, 6.45) is 2.89. The van der Waals surface area contributed by atoms with Crippen molar-refractivity contribution in [2.45, 2.75) is 32.9 Å². The van der Waals surface area contributed by atoms with E-state index in [0.29, 0.717) is 6.04 Å². The van der Waals surface area contributed by atoms with Crippen molar-refractivity contribution in [3.8, 4) is 0 Å². The molecule has 0 amide bonds. The fourth-order valence-corrected chi connectivity index (χ4v) is 3.28. The first kappa shape index (κ1) is 13.3. The number of hydrogen-bond acceptors (Lipinski definition) is 4. The quantitative estimate of drug-likeness (QED) is 0.753. The Bertz CT molecular complexity index is 688. The molecule has 3 rings (SSSR count). The van der Waals surface area contributed by atoms with Crippen LogP contribution in [0.15, 0.2) is 40.3 Å². The minimum absolute atomic E-state index is 0.308. The van der Waals surface area contributed by atoms with Gasteiger partial charge in [-0.3, -0.25) is 0 Å². The van der Waals surface area contributed by atoms with Gasteiger partial charge in [-0.25, -0.2) is 4.98 Å². The summed E-state index contributed by atoms with van der Waals surface area (Å²) in [5, 5.41) is 7.97. The van der Waals surface area contributed by atoms with E-state index in [-0.39, 0.29) is 0 Å². The minimum Gasteiger partial charge on any atom is -0.461 e. The second-order valence-corrected chi connectivity index (χ2v) is 5.77. The van der Waals surface area contributed by atoms with Crippen LogP contribution in [0.3, 0.4) is 0 Å². The van der Waals surface area contributed by atoms with Crippen LogP contribution in [0.1, 0.15) is 35.7 Å². The van der Waals surface area contributed by atoms with Gasteiger partial charge in [-0.05, 0) is 19.4 Å². The third-order valence-corrected chi connectivity index (χ3v) is 4.47. The predicted octanol–water partition coefficient (Wildman–Crippen LogP) is 4.44. The lowest BCUT2D eigenvalue weighted by atomic mass is 10.1. The number of nitrogens with zero attached hydrogens (tertiary/aromatic N) is 1. The summed E-state index contributed by atoms with van der Waals surface area (Å²) in [7, 11) is 0. The smallest absolute Gasteiger partial charge is 0.134 e. The first-order valence-corrected chi connectivity index (χ1v) is 7.77. The lowest BCUT2D eigenvalue weighted by Crippen LogP contribution is -2.20. The van der Waals surface area contributed by atoms with E-state index in [0.717, 1.165) is 29.3 Å². The first-order chi connectivity index (χ1) is 9.79. The molecular weight excluding hydrogens is 268 g/mol. The zero-order valence-electron chi connectivity index (χ0n) is 11.7. The maximum atomic E-state index is 5.80. The Hall–Kier alpha value is -1.65. The normalized spacial score (nSPS) is 12.9. The number of aromatic nitrogens is 1. The highest BCUT2D eigenvalue weighted by atomic mass is 32.1. The highest BCUT2D eigenvalue weighted by Crippen LogP contribution is 2.26. The number of thiazole rings is 1. The molecule has 0 saturated heterocycles. The van der Waals surface area contributed by atoms with Gasteiger partial charge in [0, 0.05) is 29.1 Å². The third kappa shape index (κ3) is 2.49. The van der Waals surface area contributed by atoms with Crippen molar-refractivity contribution >= 4 is 22.3 Å². The summed E-state index contributed by atoms with van der Waals surface area (Å²) >= 11 is 1.70. The van der Waals surface area contributed by atoms with E-state index in [4.69, 9.17) is 4.42 Å². The molecule has 4 heteroatoms. The average Bonchev–Trinajstić information content (AvgIpc) is 3.08. The first-order valence-electron chi connectivity index (χ1n) is 6.89. The van der Waals surface area contributed by atoms with Crippen LogP contribution in [-0.4, -0.2) is 4.98 Å². The molecule has 0 aliphatic heterocycles. The number of furan rings is 1. The number of para-hydroxylation sites is 1. The van der Waals surface area contributed by atoms with Gasteiger partial charge in [0.05, 0.1) is 6.04 Å². The van der Waals surface area contributed by atoms with Gasteiger partial charge in [-0.2, -0.15) is 0 Å². The van der Waals surface area contributed by atoms with Gasteiger partial charge in [0.1, 0.15) is 16.4 Å². The van der Waals surface area contributed by atoms with Gasteiger partial charge in [0.25, 0.3) is 0 Å². The van der Waals surface area contributed by atoms with Crippen molar-refractivity contribution in [1.29, 1.82) is 0 Å². The Morgan fingerprint density at radius 2 is 2.20 bits per heavy atom. The lowest BCUT2D eigenvalue weighted by Gasteiger charge is -2.14. The topological polar surface area (TPSA) is 38.1 Å². The summed E-state index contributed by atoms with van der Waals surface area (Å²) in [4.78, 5) is 4.40. The van der Waals surface area contributed by atoms with Crippen LogP contribution in [0.25, 0.3) is 11.0 Å². The Morgan fingerprint density at radius 1 is 1.35 bits per heavy atom. The highest BCUT2D eigenvalue weighted by Gasteiger charge is 2.15. The van der Waals surface area contributed by atoms with Crippen molar-refractivity contribution < 1.29 is 4.42 Å².